The van der Waals surface area contributed by atoms with Crippen LogP contribution in [0.3, 0.4) is 0 Å². The van der Waals surface area contributed by atoms with Gasteiger partial charge in [0, 0.05) is 38.6 Å². The van der Waals surface area contributed by atoms with Crippen LogP contribution in [0.1, 0.15) is 38.7 Å². The number of likely N-dealkylation sites (tertiary alicyclic amines) is 1. The van der Waals surface area contributed by atoms with Crippen molar-refractivity contribution in [3.8, 4) is 5.75 Å². The Bertz CT molecular complexity index is 644. The molecule has 2 heterocycles. The van der Waals surface area contributed by atoms with Crippen LogP contribution in [0.2, 0.25) is 0 Å². The molecule has 2 aliphatic rings. The quantitative estimate of drug-likeness (QED) is 0.763. The first-order chi connectivity index (χ1) is 13.0. The van der Waals surface area contributed by atoms with Gasteiger partial charge in [0.2, 0.25) is 5.91 Å². The highest BCUT2D eigenvalue weighted by Crippen LogP contribution is 2.23. The van der Waals surface area contributed by atoms with Crippen LogP contribution < -0.4 is 4.74 Å². The molecule has 1 amide bonds. The maximum absolute atomic E-state index is 13.8. The second-order valence-electron chi connectivity index (χ2n) is 7.83. The topological polar surface area (TPSA) is 42.0 Å². The molecule has 2 fully saturated rings. The third-order valence-electron chi connectivity index (χ3n) is 5.51. The zero-order valence-electron chi connectivity index (χ0n) is 16.6. The Hall–Kier alpha value is -1.66. The lowest BCUT2D eigenvalue weighted by Gasteiger charge is -2.38. The van der Waals surface area contributed by atoms with Gasteiger partial charge in [0.05, 0.1) is 19.3 Å². The van der Waals surface area contributed by atoms with E-state index in [1.54, 1.807) is 6.07 Å². The summed E-state index contributed by atoms with van der Waals surface area (Å²) in [5.41, 5.74) is 0.827. The normalized spacial score (nSPS) is 26.4. The number of rotatable bonds is 6. The summed E-state index contributed by atoms with van der Waals surface area (Å²) in [5, 5.41) is 0. The molecule has 2 aliphatic heterocycles. The Balaban J connectivity index is 1.53. The van der Waals surface area contributed by atoms with Crippen LogP contribution in [0.15, 0.2) is 18.2 Å². The van der Waals surface area contributed by atoms with Crippen LogP contribution >= 0.6 is 0 Å². The van der Waals surface area contributed by atoms with Crippen molar-refractivity contribution in [1.82, 2.24) is 9.80 Å². The van der Waals surface area contributed by atoms with E-state index in [-0.39, 0.29) is 35.7 Å². The summed E-state index contributed by atoms with van der Waals surface area (Å²) in [6, 6.07) is 5.19. The van der Waals surface area contributed by atoms with E-state index < -0.39 is 0 Å². The van der Waals surface area contributed by atoms with E-state index in [0.29, 0.717) is 12.8 Å². The minimum Gasteiger partial charge on any atom is -0.494 e. The van der Waals surface area contributed by atoms with E-state index in [1.165, 1.54) is 13.2 Å². The van der Waals surface area contributed by atoms with Gasteiger partial charge in [-0.05, 0) is 50.8 Å². The first kappa shape index (κ1) is 20.1. The number of hydrogen-bond donors (Lipinski definition) is 0. The Morgan fingerprint density at radius 1 is 1.30 bits per heavy atom. The van der Waals surface area contributed by atoms with Gasteiger partial charge in [0.1, 0.15) is 0 Å². The fourth-order valence-electron chi connectivity index (χ4n) is 4.35. The van der Waals surface area contributed by atoms with E-state index in [1.807, 2.05) is 11.0 Å². The number of nitrogens with zero attached hydrogens (tertiary/aromatic N) is 2. The summed E-state index contributed by atoms with van der Waals surface area (Å²) in [4.78, 5) is 17.2. The molecular formula is C21H31FN2O3. The Morgan fingerprint density at radius 3 is 2.70 bits per heavy atom. The molecule has 1 aromatic carbocycles. The minimum atomic E-state index is -0.378. The van der Waals surface area contributed by atoms with Crippen LogP contribution in [-0.4, -0.2) is 67.2 Å². The first-order valence-electron chi connectivity index (χ1n) is 9.96. The van der Waals surface area contributed by atoms with Crippen LogP contribution in [0.4, 0.5) is 4.39 Å². The highest BCUT2D eigenvalue weighted by atomic mass is 19.1. The maximum Gasteiger partial charge on any atom is 0.223 e. The molecule has 150 valence electrons. The predicted molar refractivity (Wildman–Crippen MR) is 102 cm³/mol. The number of amides is 1. The molecule has 0 N–H and O–H groups in total. The zero-order valence-corrected chi connectivity index (χ0v) is 16.6. The maximum atomic E-state index is 13.8. The van der Waals surface area contributed by atoms with Gasteiger partial charge in [-0.15, -0.1) is 0 Å². The van der Waals surface area contributed by atoms with E-state index in [9.17, 15) is 9.18 Å². The number of hydrogen-bond acceptors (Lipinski definition) is 4. The number of morpholine rings is 1. The molecule has 0 saturated carbocycles. The standard InChI is InChI=1S/C21H31FN2O3/c1-15-12-23(13-16(2)27-15)14-18-5-4-10-24(18)21(25)9-7-17-6-8-20(26-3)19(22)11-17/h6,8,11,15-16,18H,4-5,7,9-10,12-14H2,1-3H3/t15-,16+,18-/m0/s1. The summed E-state index contributed by atoms with van der Waals surface area (Å²) in [7, 11) is 1.45. The lowest BCUT2D eigenvalue weighted by atomic mass is 10.1. The fourth-order valence-corrected chi connectivity index (χ4v) is 4.35. The Kier molecular flexibility index (Phi) is 6.71. The largest absolute Gasteiger partial charge is 0.494 e. The van der Waals surface area contributed by atoms with E-state index >= 15 is 0 Å². The van der Waals surface area contributed by atoms with E-state index in [4.69, 9.17) is 9.47 Å². The van der Waals surface area contributed by atoms with Crippen molar-refractivity contribution < 1.29 is 18.7 Å². The number of carbonyl (C=O) groups excluding carboxylic acids is 1. The predicted octanol–water partition coefficient (Wildman–Crippen LogP) is 2.87. The number of methoxy groups -OCH3 is 1. The average Bonchev–Trinajstić information content (AvgIpc) is 3.07. The summed E-state index contributed by atoms with van der Waals surface area (Å²) in [6.45, 7) is 7.81. The van der Waals surface area contributed by atoms with Crippen molar-refractivity contribution in [1.29, 1.82) is 0 Å². The Morgan fingerprint density at radius 2 is 2.04 bits per heavy atom. The van der Waals surface area contributed by atoms with Gasteiger partial charge < -0.3 is 14.4 Å². The molecule has 3 rings (SSSR count). The van der Waals surface area contributed by atoms with Gasteiger partial charge in [0.25, 0.3) is 0 Å². The molecule has 0 aliphatic carbocycles. The Labute approximate surface area is 161 Å². The monoisotopic (exact) mass is 378 g/mol. The van der Waals surface area contributed by atoms with Crippen molar-refractivity contribution in [3.05, 3.63) is 29.6 Å². The molecular weight excluding hydrogens is 347 g/mol. The van der Waals surface area contributed by atoms with E-state index in [0.717, 1.165) is 44.6 Å². The lowest BCUT2D eigenvalue weighted by molar-refractivity contribution is -0.133. The number of carbonyl (C=O) groups is 1. The summed E-state index contributed by atoms with van der Waals surface area (Å²) in [5.74, 6) is 0.0267. The smallest absolute Gasteiger partial charge is 0.223 e. The average molecular weight is 378 g/mol. The number of benzene rings is 1. The van der Waals surface area contributed by atoms with Crippen LogP contribution in [0.5, 0.6) is 5.75 Å². The molecule has 27 heavy (non-hydrogen) atoms. The molecule has 0 radical (unpaired) electrons. The zero-order chi connectivity index (χ0) is 19.4. The van der Waals surface area contributed by atoms with Crippen molar-refractivity contribution in [3.63, 3.8) is 0 Å². The van der Waals surface area contributed by atoms with Crippen molar-refractivity contribution >= 4 is 5.91 Å². The minimum absolute atomic E-state index is 0.170. The van der Waals surface area contributed by atoms with Gasteiger partial charge in [-0.25, -0.2) is 4.39 Å². The van der Waals surface area contributed by atoms with Gasteiger partial charge in [-0.2, -0.15) is 0 Å². The number of halogens is 1. The van der Waals surface area contributed by atoms with Crippen LogP contribution in [0, 0.1) is 5.82 Å². The van der Waals surface area contributed by atoms with Crippen LogP contribution in [0.25, 0.3) is 0 Å². The van der Waals surface area contributed by atoms with Crippen molar-refractivity contribution in [2.45, 2.75) is 57.8 Å². The van der Waals surface area contributed by atoms with Gasteiger partial charge in [0.15, 0.2) is 11.6 Å². The lowest BCUT2D eigenvalue weighted by Crippen LogP contribution is -2.50. The van der Waals surface area contributed by atoms with Crippen molar-refractivity contribution in [2.75, 3.05) is 33.3 Å². The second-order valence-corrected chi connectivity index (χ2v) is 7.83. The molecule has 0 unspecified atom stereocenters. The second kappa shape index (κ2) is 9.02. The molecule has 0 bridgehead atoms. The van der Waals surface area contributed by atoms with Gasteiger partial charge >= 0.3 is 0 Å². The number of ether oxygens (including phenoxy) is 2. The summed E-state index contributed by atoms with van der Waals surface area (Å²) in [6.07, 6.45) is 3.56. The SMILES string of the molecule is COc1ccc(CCC(=O)N2CCC[C@H]2CN2C[C@@H](C)O[C@@H](C)C2)cc1F. The number of aryl methyl sites for hydroxylation is 1. The van der Waals surface area contributed by atoms with Gasteiger partial charge in [-0.3, -0.25) is 9.69 Å². The highest BCUT2D eigenvalue weighted by molar-refractivity contribution is 5.77. The fraction of sp³-hybridized carbons (Fsp3) is 0.667. The third-order valence-corrected chi connectivity index (χ3v) is 5.51. The molecule has 2 saturated heterocycles. The highest BCUT2D eigenvalue weighted by Gasteiger charge is 2.32. The molecule has 5 nitrogen and oxygen atoms in total. The molecule has 0 spiro atoms. The van der Waals surface area contributed by atoms with E-state index in [2.05, 4.69) is 18.7 Å². The molecule has 3 atom stereocenters. The first-order valence-corrected chi connectivity index (χ1v) is 9.96. The van der Waals surface area contributed by atoms with Gasteiger partial charge in [-0.1, -0.05) is 6.07 Å². The summed E-state index contributed by atoms with van der Waals surface area (Å²) >= 11 is 0. The summed E-state index contributed by atoms with van der Waals surface area (Å²) < 4.78 is 24.6. The third kappa shape index (κ3) is 5.20. The van der Waals surface area contributed by atoms with Crippen molar-refractivity contribution in [2.24, 2.45) is 0 Å². The molecule has 6 heteroatoms. The molecule has 0 aromatic heterocycles. The molecule has 1 aromatic rings. The van der Waals surface area contributed by atoms with Crippen LogP contribution in [-0.2, 0) is 16.0 Å².